The largest absolute Gasteiger partial charge is 0.444 e. The number of carbonyl (C=O) groups excluding carboxylic acids is 1. The maximum atomic E-state index is 13.3. The molecule has 1 amide bonds. The van der Waals surface area contributed by atoms with Gasteiger partial charge in [0.2, 0.25) is 0 Å². The van der Waals surface area contributed by atoms with Crippen molar-refractivity contribution >= 4 is 6.09 Å². The Morgan fingerprint density at radius 3 is 2.36 bits per heavy atom. The summed E-state index contributed by atoms with van der Waals surface area (Å²) >= 11 is 0. The molecule has 1 heterocycles. The molecule has 25 heavy (non-hydrogen) atoms. The van der Waals surface area contributed by atoms with Crippen LogP contribution >= 0.6 is 0 Å². The number of ether oxygens (including phenoxy) is 1. The van der Waals surface area contributed by atoms with Gasteiger partial charge in [0.25, 0.3) is 0 Å². The molecule has 2 atom stereocenters. The van der Waals surface area contributed by atoms with E-state index < -0.39 is 5.60 Å². The minimum Gasteiger partial charge on any atom is -0.444 e. The maximum absolute atomic E-state index is 13.3. The van der Waals surface area contributed by atoms with Crippen molar-refractivity contribution in [3.8, 4) is 0 Å². The summed E-state index contributed by atoms with van der Waals surface area (Å²) < 4.78 is 18.9. The first-order valence-electron chi connectivity index (χ1n) is 9.06. The SMILES string of the molecule is CC(C)CN1C[C@H](c2ccc(F)cc2)N(C(=O)OC(C)(C)C)C[C@@H]1C. The second-order valence-corrected chi connectivity index (χ2v) is 8.40. The number of benzene rings is 1. The lowest BCUT2D eigenvalue weighted by Gasteiger charge is -2.46. The van der Waals surface area contributed by atoms with Gasteiger partial charge in [0.05, 0.1) is 6.04 Å². The third-order valence-electron chi connectivity index (χ3n) is 4.35. The third-order valence-corrected chi connectivity index (χ3v) is 4.35. The smallest absolute Gasteiger partial charge is 0.410 e. The summed E-state index contributed by atoms with van der Waals surface area (Å²) in [5.41, 5.74) is 0.399. The van der Waals surface area contributed by atoms with Gasteiger partial charge in [-0.05, 0) is 51.3 Å². The van der Waals surface area contributed by atoms with Crippen LogP contribution in [0.3, 0.4) is 0 Å². The molecule has 4 nitrogen and oxygen atoms in total. The summed E-state index contributed by atoms with van der Waals surface area (Å²) in [6.07, 6.45) is -0.308. The number of amides is 1. The monoisotopic (exact) mass is 350 g/mol. The van der Waals surface area contributed by atoms with E-state index in [1.165, 1.54) is 12.1 Å². The Hall–Kier alpha value is -1.62. The second kappa shape index (κ2) is 7.73. The molecule has 1 aliphatic heterocycles. The van der Waals surface area contributed by atoms with Gasteiger partial charge in [-0.25, -0.2) is 9.18 Å². The van der Waals surface area contributed by atoms with Crippen molar-refractivity contribution < 1.29 is 13.9 Å². The van der Waals surface area contributed by atoms with Crippen LogP contribution in [0, 0.1) is 11.7 Å². The topological polar surface area (TPSA) is 32.8 Å². The van der Waals surface area contributed by atoms with Gasteiger partial charge in [-0.2, -0.15) is 0 Å². The van der Waals surface area contributed by atoms with Gasteiger partial charge in [-0.15, -0.1) is 0 Å². The van der Waals surface area contributed by atoms with Crippen LogP contribution in [0.1, 0.15) is 53.1 Å². The highest BCUT2D eigenvalue weighted by atomic mass is 19.1. The van der Waals surface area contributed by atoms with E-state index in [0.29, 0.717) is 12.5 Å². The third kappa shape index (κ3) is 5.43. The van der Waals surface area contributed by atoms with E-state index in [-0.39, 0.29) is 24.0 Å². The molecule has 0 aromatic heterocycles. The molecule has 1 aromatic rings. The molecule has 0 N–H and O–H groups in total. The summed E-state index contributed by atoms with van der Waals surface area (Å²) in [6, 6.07) is 6.56. The molecule has 1 aromatic carbocycles. The molecule has 0 spiro atoms. The van der Waals surface area contributed by atoms with Gasteiger partial charge < -0.3 is 4.74 Å². The van der Waals surface area contributed by atoms with Crippen molar-refractivity contribution in [2.45, 2.75) is 59.2 Å². The van der Waals surface area contributed by atoms with Crippen molar-refractivity contribution in [2.24, 2.45) is 5.92 Å². The van der Waals surface area contributed by atoms with E-state index in [1.54, 1.807) is 17.0 Å². The highest BCUT2D eigenvalue weighted by Gasteiger charge is 2.37. The van der Waals surface area contributed by atoms with Crippen LogP contribution < -0.4 is 0 Å². The summed E-state index contributed by atoms with van der Waals surface area (Å²) in [5.74, 6) is 0.278. The molecule has 1 saturated heterocycles. The van der Waals surface area contributed by atoms with E-state index in [9.17, 15) is 9.18 Å². The number of carbonyl (C=O) groups is 1. The first-order valence-corrected chi connectivity index (χ1v) is 9.06. The number of piperazine rings is 1. The van der Waals surface area contributed by atoms with E-state index in [2.05, 4.69) is 25.7 Å². The summed E-state index contributed by atoms with van der Waals surface area (Å²) in [7, 11) is 0. The summed E-state index contributed by atoms with van der Waals surface area (Å²) in [5, 5.41) is 0. The molecular formula is C20H31FN2O2. The number of hydrogen-bond acceptors (Lipinski definition) is 3. The minimum absolute atomic E-state index is 0.134. The Balaban J connectivity index is 2.28. The average molecular weight is 350 g/mol. The Labute approximate surface area is 150 Å². The zero-order valence-corrected chi connectivity index (χ0v) is 16.3. The first kappa shape index (κ1) is 19.7. The molecule has 0 saturated carbocycles. The van der Waals surface area contributed by atoms with Crippen molar-refractivity contribution in [2.75, 3.05) is 19.6 Å². The van der Waals surface area contributed by atoms with Crippen LogP contribution in [-0.2, 0) is 4.74 Å². The van der Waals surface area contributed by atoms with E-state index in [4.69, 9.17) is 4.74 Å². The average Bonchev–Trinajstić information content (AvgIpc) is 2.47. The lowest BCUT2D eigenvalue weighted by Crippen LogP contribution is -2.56. The van der Waals surface area contributed by atoms with E-state index in [0.717, 1.165) is 18.7 Å². The number of rotatable bonds is 3. The maximum Gasteiger partial charge on any atom is 0.410 e. The fourth-order valence-corrected chi connectivity index (χ4v) is 3.24. The quantitative estimate of drug-likeness (QED) is 0.807. The van der Waals surface area contributed by atoms with Gasteiger partial charge in [0, 0.05) is 25.7 Å². The lowest BCUT2D eigenvalue weighted by atomic mass is 9.99. The van der Waals surface area contributed by atoms with Crippen molar-refractivity contribution in [3.05, 3.63) is 35.6 Å². The predicted octanol–water partition coefficient (Wildman–Crippen LogP) is 4.46. The standard InChI is InChI=1S/C20H31FN2O2/c1-14(2)11-22-13-18(16-7-9-17(21)10-8-16)23(12-15(22)3)19(24)25-20(4,5)6/h7-10,14-15,18H,11-13H2,1-6H3/t15-,18+/m0/s1. The molecule has 0 unspecified atom stereocenters. The Morgan fingerprint density at radius 1 is 1.24 bits per heavy atom. The van der Waals surface area contributed by atoms with E-state index >= 15 is 0 Å². The molecule has 0 bridgehead atoms. The normalized spacial score (nSPS) is 22.3. The summed E-state index contributed by atoms with van der Waals surface area (Å²) in [4.78, 5) is 16.9. The second-order valence-electron chi connectivity index (χ2n) is 8.40. The highest BCUT2D eigenvalue weighted by Crippen LogP contribution is 2.30. The van der Waals surface area contributed by atoms with E-state index in [1.807, 2.05) is 20.8 Å². The fraction of sp³-hybridized carbons (Fsp3) is 0.650. The molecule has 0 aliphatic carbocycles. The summed E-state index contributed by atoms with van der Waals surface area (Å²) in [6.45, 7) is 14.4. The van der Waals surface area contributed by atoms with Crippen molar-refractivity contribution in [1.29, 1.82) is 0 Å². The molecule has 1 aliphatic rings. The Morgan fingerprint density at radius 2 is 1.84 bits per heavy atom. The molecule has 0 radical (unpaired) electrons. The van der Waals surface area contributed by atoms with Crippen LogP contribution in [0.25, 0.3) is 0 Å². The molecule has 2 rings (SSSR count). The number of nitrogens with zero attached hydrogens (tertiary/aromatic N) is 2. The minimum atomic E-state index is -0.539. The van der Waals surface area contributed by atoms with Gasteiger partial charge in [-0.1, -0.05) is 26.0 Å². The zero-order valence-electron chi connectivity index (χ0n) is 16.3. The number of hydrogen-bond donors (Lipinski definition) is 0. The predicted molar refractivity (Wildman–Crippen MR) is 98.0 cm³/mol. The van der Waals surface area contributed by atoms with Crippen molar-refractivity contribution in [3.63, 3.8) is 0 Å². The first-order chi connectivity index (χ1) is 11.6. The van der Waals surface area contributed by atoms with Crippen molar-refractivity contribution in [1.82, 2.24) is 9.80 Å². The number of halogens is 1. The lowest BCUT2D eigenvalue weighted by molar-refractivity contribution is -0.0162. The van der Waals surface area contributed by atoms with Gasteiger partial charge >= 0.3 is 6.09 Å². The van der Waals surface area contributed by atoms with Crippen LogP contribution in [0.2, 0.25) is 0 Å². The van der Waals surface area contributed by atoms with Crippen LogP contribution in [0.5, 0.6) is 0 Å². The zero-order chi connectivity index (χ0) is 18.8. The Bertz CT molecular complexity index is 580. The van der Waals surface area contributed by atoms with Gasteiger partial charge in [-0.3, -0.25) is 9.80 Å². The Kier molecular flexibility index (Phi) is 6.09. The van der Waals surface area contributed by atoms with Crippen LogP contribution in [0.4, 0.5) is 9.18 Å². The van der Waals surface area contributed by atoms with Gasteiger partial charge in [0.1, 0.15) is 11.4 Å². The fourth-order valence-electron chi connectivity index (χ4n) is 3.24. The van der Waals surface area contributed by atoms with Crippen LogP contribution in [-0.4, -0.2) is 47.2 Å². The molecule has 1 fully saturated rings. The van der Waals surface area contributed by atoms with Gasteiger partial charge in [0.15, 0.2) is 0 Å². The molecular weight excluding hydrogens is 319 g/mol. The molecule has 5 heteroatoms. The molecule has 140 valence electrons. The highest BCUT2D eigenvalue weighted by molar-refractivity contribution is 5.69. The van der Waals surface area contributed by atoms with Crippen LogP contribution in [0.15, 0.2) is 24.3 Å².